The summed E-state index contributed by atoms with van der Waals surface area (Å²) >= 11 is 0. The molecule has 0 aliphatic rings. The van der Waals surface area contributed by atoms with Gasteiger partial charge < -0.3 is 5.73 Å². The summed E-state index contributed by atoms with van der Waals surface area (Å²) in [6, 6.07) is 3.89. The van der Waals surface area contributed by atoms with E-state index in [-0.39, 0.29) is 7.43 Å². The Labute approximate surface area is 128 Å². The molecule has 0 spiro atoms. The smallest absolute Gasteiger partial charge is 0.125 e. The second kappa shape index (κ2) is 9.06. The number of aromatic nitrogens is 3. The van der Waals surface area contributed by atoms with Crippen molar-refractivity contribution in [1.82, 2.24) is 15.0 Å². The minimum atomic E-state index is 0. The Hall–Kier alpha value is -1.97. The van der Waals surface area contributed by atoms with Crippen LogP contribution in [0.4, 0.5) is 5.82 Å². The Morgan fingerprint density at radius 3 is 1.81 bits per heavy atom. The van der Waals surface area contributed by atoms with Gasteiger partial charge in [0, 0.05) is 18.6 Å². The van der Waals surface area contributed by atoms with E-state index in [9.17, 15) is 0 Å². The lowest BCUT2D eigenvalue weighted by Crippen LogP contribution is -1.93. The van der Waals surface area contributed by atoms with Crippen LogP contribution >= 0.6 is 0 Å². The maximum absolute atomic E-state index is 5.49. The molecule has 4 heteroatoms. The second-order valence-electron chi connectivity index (χ2n) is 5.39. The summed E-state index contributed by atoms with van der Waals surface area (Å²) in [6.45, 7) is 10.4. The van der Waals surface area contributed by atoms with Gasteiger partial charge in [-0.3, -0.25) is 0 Å². The molecule has 0 aromatic carbocycles. The lowest BCUT2D eigenvalue weighted by molar-refractivity contribution is 0.837. The summed E-state index contributed by atoms with van der Waals surface area (Å²) in [5, 5.41) is 0. The van der Waals surface area contributed by atoms with Crippen molar-refractivity contribution < 1.29 is 0 Å². The predicted molar refractivity (Wildman–Crippen MR) is 90.3 cm³/mol. The standard InChI is InChI=1S/2C8H12N2.CH4/c1-6(2)8-4-9-7(3)10-5-8;1-6(2)7-3-4-10-8(9)5-7;/h4-6H,1-3H3;3-6H,1-2H3,(H2,9,10);1H4. The molecule has 0 unspecified atom stereocenters. The van der Waals surface area contributed by atoms with E-state index < -0.39 is 0 Å². The van der Waals surface area contributed by atoms with Gasteiger partial charge >= 0.3 is 0 Å². The molecule has 116 valence electrons. The summed E-state index contributed by atoms with van der Waals surface area (Å²) in [7, 11) is 0. The van der Waals surface area contributed by atoms with Crippen LogP contribution in [-0.4, -0.2) is 15.0 Å². The first-order chi connectivity index (χ1) is 9.40. The molecule has 2 heterocycles. The fourth-order valence-corrected chi connectivity index (χ4v) is 1.53. The lowest BCUT2D eigenvalue weighted by Gasteiger charge is -2.03. The van der Waals surface area contributed by atoms with Crippen LogP contribution in [0, 0.1) is 6.92 Å². The molecule has 0 saturated carbocycles. The summed E-state index contributed by atoms with van der Waals surface area (Å²) in [6.07, 6.45) is 5.50. The number of aryl methyl sites for hydroxylation is 1. The van der Waals surface area contributed by atoms with Gasteiger partial charge in [0.05, 0.1) is 0 Å². The third kappa shape index (κ3) is 6.84. The maximum atomic E-state index is 5.49. The van der Waals surface area contributed by atoms with Crippen molar-refractivity contribution in [2.45, 2.75) is 53.9 Å². The molecule has 0 aliphatic heterocycles. The van der Waals surface area contributed by atoms with E-state index in [0.29, 0.717) is 17.7 Å². The van der Waals surface area contributed by atoms with Gasteiger partial charge in [0.15, 0.2) is 0 Å². The van der Waals surface area contributed by atoms with E-state index in [1.807, 2.05) is 31.5 Å². The van der Waals surface area contributed by atoms with Crippen LogP contribution in [0.2, 0.25) is 0 Å². The van der Waals surface area contributed by atoms with E-state index in [1.165, 1.54) is 11.1 Å². The highest BCUT2D eigenvalue weighted by molar-refractivity contribution is 5.33. The largest absolute Gasteiger partial charge is 0.384 e. The van der Waals surface area contributed by atoms with Gasteiger partial charge in [-0.05, 0) is 42.0 Å². The van der Waals surface area contributed by atoms with Crippen molar-refractivity contribution in [2.24, 2.45) is 0 Å². The molecule has 0 amide bonds. The van der Waals surface area contributed by atoms with Crippen molar-refractivity contribution in [2.75, 3.05) is 5.73 Å². The van der Waals surface area contributed by atoms with Gasteiger partial charge in [-0.1, -0.05) is 35.1 Å². The average molecular weight is 288 g/mol. The molecule has 0 atom stereocenters. The first kappa shape index (κ1) is 19.0. The minimum Gasteiger partial charge on any atom is -0.384 e. The molecule has 4 nitrogen and oxygen atoms in total. The van der Waals surface area contributed by atoms with Crippen LogP contribution in [0.1, 0.15) is 63.9 Å². The number of nitrogen functional groups attached to an aromatic ring is 1. The van der Waals surface area contributed by atoms with Crippen LogP contribution in [0.25, 0.3) is 0 Å². The first-order valence-corrected chi connectivity index (χ1v) is 6.90. The lowest BCUT2D eigenvalue weighted by atomic mass is 10.1. The van der Waals surface area contributed by atoms with Gasteiger partial charge in [0.25, 0.3) is 0 Å². The van der Waals surface area contributed by atoms with Gasteiger partial charge in [0.2, 0.25) is 0 Å². The highest BCUT2D eigenvalue weighted by atomic mass is 14.8. The Morgan fingerprint density at radius 1 is 0.905 bits per heavy atom. The van der Waals surface area contributed by atoms with Crippen LogP contribution in [0.5, 0.6) is 0 Å². The maximum Gasteiger partial charge on any atom is 0.125 e. The van der Waals surface area contributed by atoms with Gasteiger partial charge in [0.1, 0.15) is 11.6 Å². The topological polar surface area (TPSA) is 64.7 Å². The molecule has 0 radical (unpaired) electrons. The molecule has 2 N–H and O–H groups in total. The second-order valence-corrected chi connectivity index (χ2v) is 5.39. The van der Waals surface area contributed by atoms with Crippen molar-refractivity contribution >= 4 is 5.82 Å². The molecule has 21 heavy (non-hydrogen) atoms. The third-order valence-corrected chi connectivity index (χ3v) is 2.94. The minimum absolute atomic E-state index is 0. The first-order valence-electron chi connectivity index (χ1n) is 6.90. The number of nitrogens with zero attached hydrogens (tertiary/aromatic N) is 3. The fraction of sp³-hybridized carbons (Fsp3) is 0.471. The molecule has 0 aliphatic carbocycles. The SMILES string of the molecule is C.CC(C)c1ccnc(N)c1.Cc1ncc(C(C)C)cn1. The monoisotopic (exact) mass is 288 g/mol. The molecule has 0 saturated heterocycles. The third-order valence-electron chi connectivity index (χ3n) is 2.94. The quantitative estimate of drug-likeness (QED) is 0.893. The molecule has 2 rings (SSSR count). The van der Waals surface area contributed by atoms with Crippen LogP contribution in [-0.2, 0) is 0 Å². The van der Waals surface area contributed by atoms with Crippen molar-refractivity contribution in [3.63, 3.8) is 0 Å². The van der Waals surface area contributed by atoms with E-state index in [1.54, 1.807) is 6.20 Å². The zero-order valence-electron chi connectivity index (χ0n) is 13.0. The number of rotatable bonds is 2. The molecule has 0 bridgehead atoms. The number of hydrogen-bond donors (Lipinski definition) is 1. The van der Waals surface area contributed by atoms with E-state index in [0.717, 1.165) is 5.82 Å². The van der Waals surface area contributed by atoms with Gasteiger partial charge in [-0.15, -0.1) is 0 Å². The normalized spacial score (nSPS) is 9.86. The summed E-state index contributed by atoms with van der Waals surface area (Å²) in [5.41, 5.74) is 7.93. The van der Waals surface area contributed by atoms with Gasteiger partial charge in [-0.2, -0.15) is 0 Å². The number of anilines is 1. The highest BCUT2D eigenvalue weighted by Crippen LogP contribution is 2.14. The average Bonchev–Trinajstić information content (AvgIpc) is 2.40. The summed E-state index contributed by atoms with van der Waals surface area (Å²) in [5.74, 6) is 2.50. The van der Waals surface area contributed by atoms with Crippen LogP contribution in [0.3, 0.4) is 0 Å². The van der Waals surface area contributed by atoms with Crippen LogP contribution in [0.15, 0.2) is 30.7 Å². The van der Waals surface area contributed by atoms with Gasteiger partial charge in [-0.25, -0.2) is 15.0 Å². The number of nitrogens with two attached hydrogens (primary N) is 1. The Morgan fingerprint density at radius 2 is 1.43 bits per heavy atom. The zero-order chi connectivity index (χ0) is 15.1. The molecular formula is C17H28N4. The molecule has 2 aromatic rings. The Bertz CT molecular complexity index is 519. The molecule has 0 fully saturated rings. The summed E-state index contributed by atoms with van der Waals surface area (Å²) in [4.78, 5) is 12.1. The van der Waals surface area contributed by atoms with Crippen molar-refractivity contribution in [1.29, 1.82) is 0 Å². The number of hydrogen-bond acceptors (Lipinski definition) is 4. The number of pyridine rings is 1. The summed E-state index contributed by atoms with van der Waals surface area (Å²) < 4.78 is 0. The van der Waals surface area contributed by atoms with E-state index >= 15 is 0 Å². The Kier molecular flexibility index (Phi) is 8.21. The highest BCUT2D eigenvalue weighted by Gasteiger charge is 1.98. The molecular weight excluding hydrogens is 260 g/mol. The fourth-order valence-electron chi connectivity index (χ4n) is 1.53. The predicted octanol–water partition coefficient (Wildman–Crippen LogP) is 4.33. The Balaban J connectivity index is 0.000000364. The van der Waals surface area contributed by atoms with E-state index in [2.05, 4.69) is 42.6 Å². The molecule has 2 aromatic heterocycles. The van der Waals surface area contributed by atoms with Crippen LogP contribution < -0.4 is 5.73 Å². The van der Waals surface area contributed by atoms with Crippen molar-refractivity contribution in [3.05, 3.63) is 47.7 Å². The van der Waals surface area contributed by atoms with E-state index in [4.69, 9.17) is 5.73 Å². The zero-order valence-corrected chi connectivity index (χ0v) is 13.0. The van der Waals surface area contributed by atoms with Crippen molar-refractivity contribution in [3.8, 4) is 0 Å².